The molecule has 0 radical (unpaired) electrons. The predicted octanol–water partition coefficient (Wildman–Crippen LogP) is 2.81. The van der Waals surface area contributed by atoms with Crippen molar-refractivity contribution in [1.82, 2.24) is 4.98 Å². The van der Waals surface area contributed by atoms with Crippen LogP contribution in [0.2, 0.25) is 0 Å². The van der Waals surface area contributed by atoms with Gasteiger partial charge in [0.05, 0.1) is 11.2 Å². The van der Waals surface area contributed by atoms with Crippen LogP contribution >= 0.6 is 0 Å². The summed E-state index contributed by atoms with van der Waals surface area (Å²) in [6.07, 6.45) is 6.67. The molecule has 1 aliphatic carbocycles. The largest absolute Gasteiger partial charge is 0.373 e. The Kier molecular flexibility index (Phi) is 3.62. The molecule has 1 N–H and O–H groups in total. The third-order valence-electron chi connectivity index (χ3n) is 4.35. The molecule has 4 nitrogen and oxygen atoms in total. The summed E-state index contributed by atoms with van der Waals surface area (Å²) in [5.41, 5.74) is 2.95. The zero-order valence-electron chi connectivity index (χ0n) is 12.0. The van der Waals surface area contributed by atoms with E-state index in [0.717, 1.165) is 43.8 Å². The van der Waals surface area contributed by atoms with Crippen molar-refractivity contribution in [2.24, 2.45) is 0 Å². The second kappa shape index (κ2) is 5.41. The lowest BCUT2D eigenvalue weighted by Crippen LogP contribution is -2.33. The molecule has 20 heavy (non-hydrogen) atoms. The topological polar surface area (TPSA) is 57.9 Å². The molecule has 106 valence electrons. The Bertz CT molecular complexity index is 541. The van der Waals surface area contributed by atoms with Crippen molar-refractivity contribution in [2.45, 2.75) is 51.0 Å². The highest BCUT2D eigenvalue weighted by Gasteiger charge is 2.30. The zero-order chi connectivity index (χ0) is 14.0. The zero-order valence-corrected chi connectivity index (χ0v) is 12.0. The number of hydrogen-bond donors (Lipinski definition) is 1. The van der Waals surface area contributed by atoms with Crippen LogP contribution in [0, 0.1) is 11.3 Å². The highest BCUT2D eigenvalue weighted by Crippen LogP contribution is 2.27. The second-order valence-electron chi connectivity index (χ2n) is 6.06. The maximum atomic E-state index is 9.31. The molecular formula is C16H21N3O. The van der Waals surface area contributed by atoms with Crippen molar-refractivity contribution in [2.75, 3.05) is 18.5 Å². The van der Waals surface area contributed by atoms with Gasteiger partial charge in [-0.15, -0.1) is 0 Å². The predicted molar refractivity (Wildman–Crippen MR) is 77.7 cm³/mol. The average molecular weight is 271 g/mol. The van der Waals surface area contributed by atoms with Gasteiger partial charge in [0, 0.05) is 18.8 Å². The molecule has 3 rings (SSSR count). The number of anilines is 1. The van der Waals surface area contributed by atoms with Crippen molar-refractivity contribution in [3.63, 3.8) is 0 Å². The molecule has 0 amide bonds. The minimum atomic E-state index is -0.121. The Labute approximate surface area is 120 Å². The molecule has 0 saturated carbocycles. The van der Waals surface area contributed by atoms with E-state index in [2.05, 4.69) is 23.3 Å². The average Bonchev–Trinajstić information content (AvgIpc) is 2.91. The van der Waals surface area contributed by atoms with Gasteiger partial charge >= 0.3 is 0 Å². The first-order valence-electron chi connectivity index (χ1n) is 7.51. The summed E-state index contributed by atoms with van der Waals surface area (Å²) < 4.78 is 5.78. The maximum absolute atomic E-state index is 9.31. The summed E-state index contributed by atoms with van der Waals surface area (Å²) in [6, 6.07) is 4.28. The van der Waals surface area contributed by atoms with Crippen molar-refractivity contribution < 1.29 is 4.74 Å². The number of nitrogens with zero attached hydrogens (tertiary/aromatic N) is 2. The molecule has 0 aromatic carbocycles. The van der Waals surface area contributed by atoms with Crippen LogP contribution < -0.4 is 5.32 Å². The number of nitrogens with one attached hydrogen (secondary N) is 1. The van der Waals surface area contributed by atoms with Crippen molar-refractivity contribution in [1.29, 1.82) is 5.26 Å². The van der Waals surface area contributed by atoms with Gasteiger partial charge in [-0.1, -0.05) is 0 Å². The summed E-state index contributed by atoms with van der Waals surface area (Å²) >= 11 is 0. The van der Waals surface area contributed by atoms with Crippen LogP contribution in [0.25, 0.3) is 0 Å². The van der Waals surface area contributed by atoms with Gasteiger partial charge in [0.25, 0.3) is 0 Å². The van der Waals surface area contributed by atoms with Crippen LogP contribution in [-0.4, -0.2) is 23.7 Å². The molecular weight excluding hydrogens is 250 g/mol. The van der Waals surface area contributed by atoms with Gasteiger partial charge in [0.15, 0.2) is 0 Å². The summed E-state index contributed by atoms with van der Waals surface area (Å²) in [7, 11) is 0. The fourth-order valence-electron chi connectivity index (χ4n) is 3.10. The SMILES string of the molecule is CC1(CNc2nc3c(cc2C#N)CCCC3)CCCO1. The van der Waals surface area contributed by atoms with E-state index >= 15 is 0 Å². The van der Waals surface area contributed by atoms with E-state index in [4.69, 9.17) is 4.74 Å². The van der Waals surface area contributed by atoms with Crippen LogP contribution in [0.3, 0.4) is 0 Å². The van der Waals surface area contributed by atoms with Crippen molar-refractivity contribution in [3.05, 3.63) is 22.9 Å². The number of hydrogen-bond acceptors (Lipinski definition) is 4. The Balaban J connectivity index is 1.79. The number of fused-ring (bicyclic) bond motifs is 1. The van der Waals surface area contributed by atoms with Gasteiger partial charge in [-0.25, -0.2) is 4.98 Å². The molecule has 1 aromatic rings. The fourth-order valence-corrected chi connectivity index (χ4v) is 3.10. The first kappa shape index (κ1) is 13.4. The van der Waals surface area contributed by atoms with Gasteiger partial charge < -0.3 is 10.1 Å². The number of nitriles is 1. The van der Waals surface area contributed by atoms with Gasteiger partial charge in [0.2, 0.25) is 0 Å². The fraction of sp³-hybridized carbons (Fsp3) is 0.625. The van der Waals surface area contributed by atoms with Gasteiger partial charge in [-0.2, -0.15) is 5.26 Å². The number of aromatic nitrogens is 1. The van der Waals surface area contributed by atoms with E-state index in [1.165, 1.54) is 18.4 Å². The molecule has 1 unspecified atom stereocenters. The number of ether oxygens (including phenoxy) is 1. The van der Waals surface area contributed by atoms with Crippen molar-refractivity contribution in [3.8, 4) is 6.07 Å². The van der Waals surface area contributed by atoms with Crippen LogP contribution in [0.4, 0.5) is 5.82 Å². The second-order valence-corrected chi connectivity index (χ2v) is 6.06. The summed E-state index contributed by atoms with van der Waals surface area (Å²) in [4.78, 5) is 4.69. The minimum absolute atomic E-state index is 0.121. The standard InChI is InChI=1S/C16H21N3O/c1-16(7-4-8-20-16)11-18-15-13(10-17)9-12-5-2-3-6-14(12)19-15/h9H,2-8,11H2,1H3,(H,18,19). The molecule has 4 heteroatoms. The van der Waals surface area contributed by atoms with Crippen LogP contribution in [0.1, 0.15) is 49.4 Å². The summed E-state index contributed by atoms with van der Waals surface area (Å²) in [6.45, 7) is 3.67. The molecule has 1 atom stereocenters. The monoisotopic (exact) mass is 271 g/mol. The lowest BCUT2D eigenvalue weighted by molar-refractivity contribution is 0.0314. The van der Waals surface area contributed by atoms with Crippen LogP contribution in [0.15, 0.2) is 6.07 Å². The van der Waals surface area contributed by atoms with E-state index in [9.17, 15) is 5.26 Å². The van der Waals surface area contributed by atoms with E-state index in [1.54, 1.807) is 0 Å². The number of pyridine rings is 1. The summed E-state index contributed by atoms with van der Waals surface area (Å²) in [5, 5.41) is 12.7. The molecule has 1 aromatic heterocycles. The molecule has 0 bridgehead atoms. The summed E-state index contributed by atoms with van der Waals surface area (Å²) in [5.74, 6) is 0.727. The molecule has 1 saturated heterocycles. The minimum Gasteiger partial charge on any atom is -0.373 e. The van der Waals surface area contributed by atoms with Gasteiger partial charge in [-0.05, 0) is 57.1 Å². The third-order valence-corrected chi connectivity index (χ3v) is 4.35. The Morgan fingerprint density at radius 2 is 2.25 bits per heavy atom. The first-order valence-corrected chi connectivity index (χ1v) is 7.51. The first-order chi connectivity index (χ1) is 9.70. The Morgan fingerprint density at radius 3 is 3.00 bits per heavy atom. The van der Waals surface area contributed by atoms with Gasteiger partial charge in [-0.3, -0.25) is 0 Å². The normalized spacial score (nSPS) is 25.0. The van der Waals surface area contributed by atoms with E-state index in [1.807, 2.05) is 6.07 Å². The van der Waals surface area contributed by atoms with E-state index in [-0.39, 0.29) is 5.60 Å². The van der Waals surface area contributed by atoms with Crippen LogP contribution in [-0.2, 0) is 17.6 Å². The molecule has 1 fully saturated rings. The maximum Gasteiger partial charge on any atom is 0.144 e. The molecule has 0 spiro atoms. The molecule has 1 aliphatic heterocycles. The molecule has 2 aliphatic rings. The van der Waals surface area contributed by atoms with E-state index < -0.39 is 0 Å². The van der Waals surface area contributed by atoms with E-state index in [0.29, 0.717) is 12.1 Å². The highest BCUT2D eigenvalue weighted by atomic mass is 16.5. The quantitative estimate of drug-likeness (QED) is 0.918. The Morgan fingerprint density at radius 1 is 1.40 bits per heavy atom. The molecule has 2 heterocycles. The van der Waals surface area contributed by atoms with Crippen molar-refractivity contribution >= 4 is 5.82 Å². The van der Waals surface area contributed by atoms with Crippen LogP contribution in [0.5, 0.6) is 0 Å². The number of rotatable bonds is 3. The lowest BCUT2D eigenvalue weighted by atomic mass is 9.95. The van der Waals surface area contributed by atoms with Gasteiger partial charge in [0.1, 0.15) is 11.9 Å². The highest BCUT2D eigenvalue weighted by molar-refractivity contribution is 5.54. The third kappa shape index (κ3) is 2.64. The smallest absolute Gasteiger partial charge is 0.144 e. The lowest BCUT2D eigenvalue weighted by Gasteiger charge is -2.24. The number of aryl methyl sites for hydroxylation is 2. The Hall–Kier alpha value is -1.60.